The molecule has 1 rings (SSSR count). The van der Waals surface area contributed by atoms with E-state index in [1.54, 1.807) is 0 Å². The number of nitrogens with zero attached hydrogens (tertiary/aromatic N) is 1. The van der Waals surface area contributed by atoms with Gasteiger partial charge in [0.15, 0.2) is 0 Å². The van der Waals surface area contributed by atoms with Crippen LogP contribution in [-0.4, -0.2) is 36.4 Å². The summed E-state index contributed by atoms with van der Waals surface area (Å²) in [5, 5.41) is 0. The summed E-state index contributed by atoms with van der Waals surface area (Å²) < 4.78 is 31.9. The largest absolute Gasteiger partial charge is 0.450 e. The van der Waals surface area contributed by atoms with E-state index in [4.69, 9.17) is 4.55 Å². The van der Waals surface area contributed by atoms with Gasteiger partial charge in [0.05, 0.1) is 0 Å². The molecule has 0 bridgehead atoms. The molecular weight excluding hydrogens is 202 g/mol. The average Bonchev–Trinajstić information content (AvgIpc) is 2.30. The van der Waals surface area contributed by atoms with Gasteiger partial charge in [-0.2, -0.15) is 8.42 Å². The first kappa shape index (κ1) is 9.93. The molecule has 1 N–H and O–H groups in total. The van der Waals surface area contributed by atoms with Gasteiger partial charge in [-0.3, -0.25) is 9.35 Å². The molecular formula is C5H7NO6S. The van der Waals surface area contributed by atoms with Crippen molar-refractivity contribution in [1.29, 1.82) is 0 Å². The molecule has 0 saturated carbocycles. The van der Waals surface area contributed by atoms with E-state index in [-0.39, 0.29) is 13.0 Å². The molecule has 1 aliphatic heterocycles. The lowest BCUT2D eigenvalue weighted by atomic mass is 10.4. The second-order valence-corrected chi connectivity index (χ2v) is 3.45. The molecule has 0 radical (unpaired) electrons. The van der Waals surface area contributed by atoms with Crippen LogP contribution in [0.2, 0.25) is 0 Å². The Kier molecular flexibility index (Phi) is 2.52. The average molecular weight is 209 g/mol. The lowest BCUT2D eigenvalue weighted by molar-refractivity contribution is -0.125. The van der Waals surface area contributed by atoms with E-state index in [9.17, 15) is 18.0 Å². The molecule has 0 spiro atoms. The van der Waals surface area contributed by atoms with Gasteiger partial charge in [0.2, 0.25) is 5.91 Å². The van der Waals surface area contributed by atoms with Crippen molar-refractivity contribution >= 4 is 22.4 Å². The van der Waals surface area contributed by atoms with Gasteiger partial charge in [0, 0.05) is 13.0 Å². The van der Waals surface area contributed by atoms with Crippen LogP contribution in [0.25, 0.3) is 0 Å². The fraction of sp³-hybridized carbons (Fsp3) is 0.600. The predicted molar refractivity (Wildman–Crippen MR) is 39.0 cm³/mol. The van der Waals surface area contributed by atoms with Crippen molar-refractivity contribution in [2.75, 3.05) is 6.54 Å². The number of carbonyl (C=O) groups is 2. The number of imide groups is 1. The van der Waals surface area contributed by atoms with Crippen LogP contribution in [0.3, 0.4) is 0 Å². The molecule has 1 aliphatic rings. The maximum Gasteiger partial charge on any atom is 0.450 e. The predicted octanol–water partition coefficient (Wildman–Crippen LogP) is -0.452. The molecule has 7 nitrogen and oxygen atoms in total. The van der Waals surface area contributed by atoms with E-state index in [2.05, 4.69) is 4.18 Å². The van der Waals surface area contributed by atoms with E-state index in [0.29, 0.717) is 11.3 Å². The fourth-order valence-electron chi connectivity index (χ4n) is 0.976. The van der Waals surface area contributed by atoms with Gasteiger partial charge in [-0.25, -0.2) is 9.69 Å². The van der Waals surface area contributed by atoms with E-state index in [1.807, 2.05) is 0 Å². The monoisotopic (exact) mass is 209 g/mol. The minimum atomic E-state index is -4.83. The normalized spacial score (nSPS) is 17.6. The Hall–Kier alpha value is -1.15. The Bertz CT molecular complexity index is 333. The zero-order valence-electron chi connectivity index (χ0n) is 6.47. The molecule has 2 amide bonds. The summed E-state index contributed by atoms with van der Waals surface area (Å²) in [6.45, 7) is 0.118. The first-order chi connectivity index (χ1) is 5.90. The molecule has 13 heavy (non-hydrogen) atoms. The summed E-state index contributed by atoms with van der Waals surface area (Å²) in [6, 6.07) is 0. The van der Waals surface area contributed by atoms with Crippen molar-refractivity contribution in [3.05, 3.63) is 0 Å². The smallest absolute Gasteiger partial charge is 0.306 e. The van der Waals surface area contributed by atoms with Crippen molar-refractivity contribution in [2.45, 2.75) is 12.8 Å². The Morgan fingerprint density at radius 2 is 2.15 bits per heavy atom. The molecule has 1 heterocycles. The van der Waals surface area contributed by atoms with Crippen molar-refractivity contribution in [2.24, 2.45) is 0 Å². The van der Waals surface area contributed by atoms with Crippen LogP contribution >= 0.6 is 0 Å². The van der Waals surface area contributed by atoms with Gasteiger partial charge in [0.1, 0.15) is 0 Å². The third-order valence-electron chi connectivity index (χ3n) is 1.47. The second kappa shape index (κ2) is 3.30. The quantitative estimate of drug-likeness (QED) is 0.587. The highest BCUT2D eigenvalue weighted by molar-refractivity contribution is 7.81. The summed E-state index contributed by atoms with van der Waals surface area (Å²) >= 11 is 0. The summed E-state index contributed by atoms with van der Waals surface area (Å²) in [5.41, 5.74) is 0. The summed E-state index contributed by atoms with van der Waals surface area (Å²) in [6.07, 6.45) is -0.704. The molecule has 0 unspecified atom stereocenters. The van der Waals surface area contributed by atoms with Gasteiger partial charge >= 0.3 is 16.5 Å². The van der Waals surface area contributed by atoms with Crippen LogP contribution < -0.4 is 0 Å². The minimum absolute atomic E-state index is 0.118. The number of hydrogen-bond acceptors (Lipinski definition) is 5. The topological polar surface area (TPSA) is 101 Å². The van der Waals surface area contributed by atoms with Gasteiger partial charge in [-0.15, -0.1) is 0 Å². The van der Waals surface area contributed by atoms with Crippen LogP contribution in [0.15, 0.2) is 0 Å². The highest BCUT2D eigenvalue weighted by Crippen LogP contribution is 2.11. The summed E-state index contributed by atoms with van der Waals surface area (Å²) in [5.74, 6) is -0.506. The number of likely N-dealkylation sites (tertiary alicyclic amines) is 1. The SMILES string of the molecule is O=C1CCCN1C(=O)OS(=O)(=O)O. The number of carbonyl (C=O) groups excluding carboxylic acids is 2. The Morgan fingerprint density at radius 3 is 2.54 bits per heavy atom. The highest BCUT2D eigenvalue weighted by Gasteiger charge is 2.30. The standard InChI is InChI=1S/C5H7NO6S/c7-4-2-1-3-6(4)5(8)12-13(9,10)11/h1-3H2,(H,9,10,11). The van der Waals surface area contributed by atoms with Crippen molar-refractivity contribution in [1.82, 2.24) is 4.90 Å². The summed E-state index contributed by atoms with van der Waals surface area (Å²) in [4.78, 5) is 22.3. The summed E-state index contributed by atoms with van der Waals surface area (Å²) in [7, 11) is -4.83. The van der Waals surface area contributed by atoms with E-state index in [0.717, 1.165) is 0 Å². The second-order valence-electron chi connectivity index (χ2n) is 2.43. The molecule has 0 aromatic carbocycles. The molecule has 8 heteroatoms. The maximum atomic E-state index is 10.9. The van der Waals surface area contributed by atoms with Gasteiger partial charge in [0.25, 0.3) is 0 Å². The molecule has 0 aromatic heterocycles. The molecule has 0 atom stereocenters. The van der Waals surface area contributed by atoms with Crippen LogP contribution in [0.4, 0.5) is 4.79 Å². The third kappa shape index (κ3) is 2.67. The Balaban J connectivity index is 2.63. The van der Waals surface area contributed by atoms with Crippen molar-refractivity contribution in [3.63, 3.8) is 0 Å². The lowest BCUT2D eigenvalue weighted by Gasteiger charge is -2.10. The van der Waals surface area contributed by atoms with E-state index >= 15 is 0 Å². The third-order valence-corrected chi connectivity index (χ3v) is 1.82. The molecule has 1 saturated heterocycles. The zero-order chi connectivity index (χ0) is 10.1. The maximum absolute atomic E-state index is 10.9. The van der Waals surface area contributed by atoms with Crippen LogP contribution in [0.5, 0.6) is 0 Å². The molecule has 0 aliphatic carbocycles. The number of hydrogen-bond donors (Lipinski definition) is 1. The van der Waals surface area contributed by atoms with Gasteiger partial charge < -0.3 is 4.18 Å². The van der Waals surface area contributed by atoms with Gasteiger partial charge in [-0.05, 0) is 6.42 Å². The van der Waals surface area contributed by atoms with Crippen LogP contribution in [0, 0.1) is 0 Å². The Labute approximate surface area is 74.2 Å². The fourth-order valence-corrected chi connectivity index (χ4v) is 1.25. The zero-order valence-corrected chi connectivity index (χ0v) is 7.28. The number of amides is 2. The van der Waals surface area contributed by atoms with Gasteiger partial charge in [-0.1, -0.05) is 0 Å². The van der Waals surface area contributed by atoms with Crippen molar-refractivity contribution in [3.8, 4) is 0 Å². The Morgan fingerprint density at radius 1 is 1.54 bits per heavy atom. The number of rotatable bonds is 1. The van der Waals surface area contributed by atoms with Crippen LogP contribution in [-0.2, 0) is 19.4 Å². The minimum Gasteiger partial charge on any atom is -0.306 e. The first-order valence-corrected chi connectivity index (χ1v) is 4.78. The molecule has 1 fully saturated rings. The van der Waals surface area contributed by atoms with E-state index < -0.39 is 22.4 Å². The highest BCUT2D eigenvalue weighted by atomic mass is 32.3. The first-order valence-electron chi connectivity index (χ1n) is 3.41. The lowest BCUT2D eigenvalue weighted by Crippen LogP contribution is -2.33. The van der Waals surface area contributed by atoms with Crippen LogP contribution in [0.1, 0.15) is 12.8 Å². The van der Waals surface area contributed by atoms with E-state index in [1.165, 1.54) is 0 Å². The molecule has 74 valence electrons. The molecule has 0 aromatic rings. The van der Waals surface area contributed by atoms with Crippen molar-refractivity contribution < 1.29 is 26.7 Å².